The van der Waals surface area contributed by atoms with Crippen LogP contribution in [-0.4, -0.2) is 34.2 Å². The van der Waals surface area contributed by atoms with Crippen molar-refractivity contribution in [1.29, 1.82) is 0 Å². The van der Waals surface area contributed by atoms with Gasteiger partial charge in [0.05, 0.1) is 5.75 Å². The summed E-state index contributed by atoms with van der Waals surface area (Å²) in [5.74, 6) is 0.0103. The fourth-order valence-corrected chi connectivity index (χ4v) is 2.40. The Morgan fingerprint density at radius 1 is 1.29 bits per heavy atom. The Kier molecular flexibility index (Phi) is 4.99. The first-order chi connectivity index (χ1) is 10.1. The molecule has 110 valence electrons. The molecule has 6 nitrogen and oxygen atoms in total. The van der Waals surface area contributed by atoms with Crippen LogP contribution in [0.5, 0.6) is 0 Å². The van der Waals surface area contributed by atoms with Crippen molar-refractivity contribution >= 4 is 29.3 Å². The molecule has 0 aliphatic rings. The number of rotatable bonds is 5. The smallest absolute Gasteiger partial charge is 0.251 e. The fourth-order valence-electron chi connectivity index (χ4n) is 1.67. The molecule has 2 rings (SSSR count). The Balaban J connectivity index is 1.88. The highest BCUT2D eigenvalue weighted by Crippen LogP contribution is 2.15. The molecule has 1 aromatic carbocycles. The van der Waals surface area contributed by atoms with Crippen LogP contribution in [0.1, 0.15) is 10.4 Å². The SMILES string of the molecule is CNC(=O)c1ccc(NC(=O)CSc2nccn2C)cc1. The topological polar surface area (TPSA) is 76.0 Å². The average Bonchev–Trinajstić information content (AvgIpc) is 2.90. The second-order valence-electron chi connectivity index (χ2n) is 4.31. The van der Waals surface area contributed by atoms with Crippen LogP contribution in [-0.2, 0) is 11.8 Å². The Bertz CT molecular complexity index is 637. The third kappa shape index (κ3) is 4.09. The van der Waals surface area contributed by atoms with Crippen LogP contribution >= 0.6 is 11.8 Å². The van der Waals surface area contributed by atoms with Crippen LogP contribution in [0.2, 0.25) is 0 Å². The molecule has 0 spiro atoms. The van der Waals surface area contributed by atoms with Crippen LogP contribution in [0.3, 0.4) is 0 Å². The zero-order chi connectivity index (χ0) is 15.2. The number of thioether (sulfide) groups is 1. The third-order valence-corrected chi connectivity index (χ3v) is 3.83. The molecule has 1 heterocycles. The predicted molar refractivity (Wildman–Crippen MR) is 82.4 cm³/mol. The molecule has 0 aliphatic carbocycles. The largest absolute Gasteiger partial charge is 0.355 e. The summed E-state index contributed by atoms with van der Waals surface area (Å²) in [5, 5.41) is 6.12. The molecule has 0 aliphatic heterocycles. The maximum absolute atomic E-state index is 11.8. The molecule has 2 amide bonds. The van der Waals surface area contributed by atoms with Gasteiger partial charge in [-0.05, 0) is 24.3 Å². The van der Waals surface area contributed by atoms with Gasteiger partial charge in [-0.15, -0.1) is 0 Å². The van der Waals surface area contributed by atoms with E-state index in [0.29, 0.717) is 11.3 Å². The van der Waals surface area contributed by atoms with E-state index >= 15 is 0 Å². The van der Waals surface area contributed by atoms with E-state index in [-0.39, 0.29) is 17.6 Å². The lowest BCUT2D eigenvalue weighted by Gasteiger charge is -2.06. The van der Waals surface area contributed by atoms with Crippen molar-refractivity contribution in [2.45, 2.75) is 5.16 Å². The van der Waals surface area contributed by atoms with Crippen LogP contribution in [0.4, 0.5) is 5.69 Å². The molecule has 2 aromatic rings. The summed E-state index contributed by atoms with van der Waals surface area (Å²) >= 11 is 1.37. The molecule has 2 N–H and O–H groups in total. The summed E-state index contributed by atoms with van der Waals surface area (Å²) in [6.07, 6.45) is 3.52. The molecule has 0 unspecified atom stereocenters. The minimum atomic E-state index is -0.154. The van der Waals surface area contributed by atoms with E-state index in [4.69, 9.17) is 0 Å². The Morgan fingerprint density at radius 2 is 2.00 bits per heavy atom. The number of aromatic nitrogens is 2. The third-order valence-electron chi connectivity index (χ3n) is 2.77. The summed E-state index contributed by atoms with van der Waals surface area (Å²) in [4.78, 5) is 27.4. The summed E-state index contributed by atoms with van der Waals surface area (Å²) in [5.41, 5.74) is 1.21. The number of aryl methyl sites for hydroxylation is 1. The van der Waals surface area contributed by atoms with Gasteiger partial charge in [-0.3, -0.25) is 9.59 Å². The van der Waals surface area contributed by atoms with Gasteiger partial charge in [0.2, 0.25) is 5.91 Å². The zero-order valence-electron chi connectivity index (χ0n) is 11.8. The van der Waals surface area contributed by atoms with Gasteiger partial charge >= 0.3 is 0 Å². The van der Waals surface area contributed by atoms with Gasteiger partial charge in [0.25, 0.3) is 5.91 Å². The van der Waals surface area contributed by atoms with E-state index in [0.717, 1.165) is 5.16 Å². The van der Waals surface area contributed by atoms with Crippen LogP contribution in [0.25, 0.3) is 0 Å². The molecule has 0 saturated heterocycles. The zero-order valence-corrected chi connectivity index (χ0v) is 12.6. The molecular formula is C14H16N4O2S. The molecule has 0 atom stereocenters. The molecule has 0 radical (unpaired) electrons. The lowest BCUT2D eigenvalue weighted by atomic mass is 10.2. The van der Waals surface area contributed by atoms with Gasteiger partial charge in [-0.2, -0.15) is 0 Å². The van der Waals surface area contributed by atoms with Gasteiger partial charge < -0.3 is 15.2 Å². The highest BCUT2D eigenvalue weighted by molar-refractivity contribution is 7.99. The summed E-state index contributed by atoms with van der Waals surface area (Å²) in [6, 6.07) is 6.74. The Hall–Kier alpha value is -2.28. The first-order valence-corrected chi connectivity index (χ1v) is 7.31. The van der Waals surface area contributed by atoms with Gasteiger partial charge in [0.15, 0.2) is 5.16 Å². The van der Waals surface area contributed by atoms with Crippen molar-refractivity contribution < 1.29 is 9.59 Å². The Labute approximate surface area is 126 Å². The van der Waals surface area contributed by atoms with Crippen LogP contribution in [0.15, 0.2) is 41.8 Å². The molecule has 0 fully saturated rings. The monoisotopic (exact) mass is 304 g/mol. The van der Waals surface area contributed by atoms with E-state index in [1.807, 2.05) is 17.8 Å². The standard InChI is InChI=1S/C14H16N4O2S/c1-15-13(20)10-3-5-11(6-4-10)17-12(19)9-21-14-16-7-8-18(14)2/h3-8H,9H2,1-2H3,(H,15,20)(H,17,19). The minimum Gasteiger partial charge on any atom is -0.355 e. The number of carbonyl (C=O) groups excluding carboxylic acids is 2. The number of benzene rings is 1. The van der Waals surface area contributed by atoms with Gasteiger partial charge in [-0.25, -0.2) is 4.98 Å². The van der Waals surface area contributed by atoms with Crippen molar-refractivity contribution in [1.82, 2.24) is 14.9 Å². The molecule has 1 aromatic heterocycles. The fraction of sp³-hybridized carbons (Fsp3) is 0.214. The van der Waals surface area contributed by atoms with E-state index in [2.05, 4.69) is 15.6 Å². The summed E-state index contributed by atoms with van der Waals surface area (Å²) < 4.78 is 1.86. The first-order valence-electron chi connectivity index (χ1n) is 6.32. The maximum Gasteiger partial charge on any atom is 0.251 e. The maximum atomic E-state index is 11.8. The van der Waals surface area contributed by atoms with Crippen molar-refractivity contribution in [3.63, 3.8) is 0 Å². The second-order valence-corrected chi connectivity index (χ2v) is 5.26. The van der Waals surface area contributed by atoms with Gasteiger partial charge in [-0.1, -0.05) is 11.8 Å². The van der Waals surface area contributed by atoms with E-state index < -0.39 is 0 Å². The lowest BCUT2D eigenvalue weighted by molar-refractivity contribution is -0.113. The normalized spacial score (nSPS) is 10.2. The van der Waals surface area contributed by atoms with Gasteiger partial charge in [0, 0.05) is 37.7 Å². The van der Waals surface area contributed by atoms with E-state index in [1.54, 1.807) is 37.5 Å². The molecular weight excluding hydrogens is 288 g/mol. The number of hydrogen-bond donors (Lipinski definition) is 2. The second kappa shape index (κ2) is 6.94. The number of anilines is 1. The summed E-state index contributed by atoms with van der Waals surface area (Å²) in [7, 11) is 3.46. The first kappa shape index (κ1) is 15.1. The number of imidazole rings is 1. The lowest BCUT2D eigenvalue weighted by Crippen LogP contribution is -2.18. The highest BCUT2D eigenvalue weighted by atomic mass is 32.2. The molecule has 7 heteroatoms. The number of hydrogen-bond acceptors (Lipinski definition) is 4. The quantitative estimate of drug-likeness (QED) is 0.821. The van der Waals surface area contributed by atoms with Gasteiger partial charge in [0.1, 0.15) is 0 Å². The highest BCUT2D eigenvalue weighted by Gasteiger charge is 2.07. The minimum absolute atomic E-state index is 0.115. The predicted octanol–water partition coefficient (Wildman–Crippen LogP) is 1.51. The van der Waals surface area contributed by atoms with E-state index in [9.17, 15) is 9.59 Å². The van der Waals surface area contributed by atoms with Crippen molar-refractivity contribution in [2.75, 3.05) is 18.1 Å². The van der Waals surface area contributed by atoms with Crippen molar-refractivity contribution in [2.24, 2.45) is 7.05 Å². The van der Waals surface area contributed by atoms with Crippen LogP contribution in [0, 0.1) is 0 Å². The molecule has 21 heavy (non-hydrogen) atoms. The number of amides is 2. The molecule has 0 bridgehead atoms. The average molecular weight is 304 g/mol. The number of carbonyl (C=O) groups is 2. The van der Waals surface area contributed by atoms with Crippen molar-refractivity contribution in [3.05, 3.63) is 42.2 Å². The van der Waals surface area contributed by atoms with Crippen LogP contribution < -0.4 is 10.6 Å². The number of nitrogens with one attached hydrogen (secondary N) is 2. The van der Waals surface area contributed by atoms with E-state index in [1.165, 1.54) is 11.8 Å². The number of nitrogens with zero attached hydrogens (tertiary/aromatic N) is 2. The summed E-state index contributed by atoms with van der Waals surface area (Å²) in [6.45, 7) is 0. The Morgan fingerprint density at radius 3 is 2.57 bits per heavy atom. The van der Waals surface area contributed by atoms with Crippen molar-refractivity contribution in [3.8, 4) is 0 Å². The molecule has 0 saturated carbocycles.